The Labute approximate surface area is 469 Å². The SMILES string of the molecule is Fc1c(F)c(F)c2c(F)c([B-](c3c(F)c(F)c4c(F)c(F)c(F)c(F)c4c3F)(c3c(F)c(F)c4c(F)c(F)c(F)c(F)c4c3F)c3c(F)c(F)c4c(F)c(F)c(F)c(F)c4c3F)c(F)c(F)c2c1F.c1ccc([C+](c2ccccc2)c2ccccc2)cc1. The van der Waals surface area contributed by atoms with Crippen LogP contribution in [0.15, 0.2) is 91.0 Å². The van der Waals surface area contributed by atoms with Crippen molar-refractivity contribution in [2.45, 2.75) is 0 Å². The molecule has 0 nitrogen and oxygen atoms in total. The summed E-state index contributed by atoms with van der Waals surface area (Å²) in [6, 6.07) is 31.6. The third-order valence-electron chi connectivity index (χ3n) is 14.4. The van der Waals surface area contributed by atoms with Gasteiger partial charge in [0.25, 0.3) is 0 Å². The van der Waals surface area contributed by atoms with Crippen molar-refractivity contribution in [1.82, 2.24) is 0 Å². The number of fused-ring (bicyclic) bond motifs is 4. The van der Waals surface area contributed by atoms with Gasteiger partial charge in [-0.1, -0.05) is 18.2 Å². The maximum Gasteiger partial charge on any atom is 0.198 e. The highest BCUT2D eigenvalue weighted by Crippen LogP contribution is 2.41. The molecule has 0 fully saturated rings. The first-order valence-electron chi connectivity index (χ1n) is 23.9. The van der Waals surface area contributed by atoms with Gasteiger partial charge in [-0.15, -0.1) is 21.9 Å². The fourth-order valence-corrected chi connectivity index (χ4v) is 10.7. The molecule has 0 saturated carbocycles. The van der Waals surface area contributed by atoms with E-state index in [1.807, 2.05) is 0 Å². The van der Waals surface area contributed by atoms with E-state index in [9.17, 15) is 35.1 Å². The molecule has 0 aromatic heterocycles. The van der Waals surface area contributed by atoms with Crippen LogP contribution in [0.25, 0.3) is 43.1 Å². The first kappa shape index (κ1) is 61.5. The van der Waals surface area contributed by atoms with E-state index in [1.54, 1.807) is 0 Å². The molecule has 0 unspecified atom stereocenters. The number of hydrogen-bond donors (Lipinski definition) is 0. The molecule has 0 N–H and O–H groups in total. The number of benzene rings is 11. The first-order valence-corrected chi connectivity index (χ1v) is 23.9. The predicted molar refractivity (Wildman–Crippen MR) is 259 cm³/mol. The maximum absolute atomic E-state index is 17.4. The summed E-state index contributed by atoms with van der Waals surface area (Å²) in [6.07, 6.45) is -7.99. The van der Waals surface area contributed by atoms with Crippen molar-refractivity contribution in [3.05, 3.63) is 276 Å². The second-order valence-corrected chi connectivity index (χ2v) is 18.8. The normalized spacial score (nSPS) is 11.9. The lowest BCUT2D eigenvalue weighted by Crippen LogP contribution is -2.80. The van der Waals surface area contributed by atoms with Gasteiger partial charge in [0.2, 0.25) is 0 Å². The van der Waals surface area contributed by atoms with Crippen LogP contribution in [-0.4, -0.2) is 6.15 Å². The average Bonchev–Trinajstić information content (AvgIpc) is 0.673. The molecule has 11 aromatic carbocycles. The summed E-state index contributed by atoms with van der Waals surface area (Å²) in [5.41, 5.74) is -12.1. The minimum Gasteiger partial charge on any atom is -0.210 e. The Kier molecular flexibility index (Phi) is 15.4. The minimum absolute atomic E-state index is 1.25. The van der Waals surface area contributed by atoms with Crippen LogP contribution in [0.3, 0.4) is 0 Å². The molecule has 11 aromatic rings. The fourth-order valence-electron chi connectivity index (χ4n) is 10.7. The number of rotatable bonds is 7. The summed E-state index contributed by atoms with van der Waals surface area (Å²) in [4.78, 5) is 0. The molecule has 0 aliphatic heterocycles. The Morgan fingerprint density at radius 1 is 0.159 bits per heavy atom. The van der Waals surface area contributed by atoms with E-state index < -0.39 is 234 Å². The molecule has 450 valence electrons. The van der Waals surface area contributed by atoms with Crippen molar-refractivity contribution in [3.8, 4) is 0 Å². The van der Waals surface area contributed by atoms with Gasteiger partial charge in [-0.2, -0.15) is 0 Å². The third-order valence-corrected chi connectivity index (χ3v) is 14.4. The molecule has 0 atom stereocenters. The summed E-state index contributed by atoms with van der Waals surface area (Å²) >= 11 is 0. The van der Waals surface area contributed by atoms with Gasteiger partial charge in [-0.3, -0.25) is 0 Å². The Morgan fingerprint density at radius 2 is 0.295 bits per heavy atom. The smallest absolute Gasteiger partial charge is 0.198 e. The average molecular weight is 1270 g/mol. The van der Waals surface area contributed by atoms with Crippen LogP contribution in [0.4, 0.5) is 123 Å². The van der Waals surface area contributed by atoms with Crippen LogP contribution in [0, 0.1) is 169 Å². The first-order chi connectivity index (χ1) is 41.4. The topological polar surface area (TPSA) is 0 Å². The minimum atomic E-state index is -7.99. The molecule has 0 aliphatic rings. The van der Waals surface area contributed by atoms with Crippen LogP contribution < -0.4 is 21.9 Å². The zero-order valence-corrected chi connectivity index (χ0v) is 41.8. The largest absolute Gasteiger partial charge is 0.210 e. The van der Waals surface area contributed by atoms with E-state index in [4.69, 9.17) is 0 Å². The van der Waals surface area contributed by atoms with Gasteiger partial charge < -0.3 is 0 Å². The van der Waals surface area contributed by atoms with Gasteiger partial charge in [-0.05, 0) is 72.8 Å². The molecule has 88 heavy (non-hydrogen) atoms. The van der Waals surface area contributed by atoms with E-state index in [1.165, 1.54) is 22.6 Å². The van der Waals surface area contributed by atoms with E-state index in [0.717, 1.165) is 0 Å². The molecule has 0 aliphatic carbocycles. The second kappa shape index (κ2) is 22.0. The van der Waals surface area contributed by atoms with Gasteiger partial charge in [0.15, 0.2) is 116 Å². The summed E-state index contributed by atoms with van der Waals surface area (Å²) < 4.78 is 442. The quantitative estimate of drug-likeness (QED) is 0.0373. The molecule has 29 heteroatoms. The fraction of sp³-hybridized carbons (Fsp3) is 0. The Hall–Kier alpha value is -9.57. The lowest BCUT2D eigenvalue weighted by Gasteiger charge is -2.45. The summed E-state index contributed by atoms with van der Waals surface area (Å²) in [5, 5.41) is -25.0. The van der Waals surface area contributed by atoms with Crippen molar-refractivity contribution >= 4 is 71.1 Å². The van der Waals surface area contributed by atoms with Crippen LogP contribution in [0.1, 0.15) is 16.7 Å². The molecule has 11 rings (SSSR count). The highest BCUT2D eigenvalue weighted by Gasteiger charge is 2.52. The van der Waals surface area contributed by atoms with Gasteiger partial charge >= 0.3 is 0 Å². The summed E-state index contributed by atoms with van der Waals surface area (Å²) in [6.45, 7) is 0. The standard InChI is InChI=1S/C40BF28.C19H15/c42-13-1-5(25(54)37(66)33(62)21(1)50)17(46)29(58)9(13)41(10-14(43)2-6(18(47)30(10)59)26(55)38(67)34(63)22(2)51,11-15(44)3-7(19(48)31(11)60)27(56)39(68)35(64)23(3)52)12-16(45)4-8(20(49)32(12)61)28(57)40(69)36(65)24(4)53;1-4-10-16(11-5-1)19(17-12-6-2-7-13-17)18-14-8-3-9-15-18/h;1-15H/q-1;+1. The van der Waals surface area contributed by atoms with E-state index in [2.05, 4.69) is 91.0 Å². The lowest BCUT2D eigenvalue weighted by molar-refractivity contribution is 0.412. The maximum atomic E-state index is 17.4. The van der Waals surface area contributed by atoms with Gasteiger partial charge in [-0.25, -0.2) is 123 Å². The van der Waals surface area contributed by atoms with Gasteiger partial charge in [0, 0.05) is 0 Å². The zero-order valence-electron chi connectivity index (χ0n) is 41.8. The molecular weight excluding hydrogens is 1250 g/mol. The second-order valence-electron chi connectivity index (χ2n) is 18.8. The predicted octanol–water partition coefficient (Wildman–Crippen LogP) is 16.3. The van der Waals surface area contributed by atoms with Gasteiger partial charge in [0.1, 0.15) is 52.7 Å². The molecular formula is C59H15BF28. The molecule has 0 spiro atoms. The van der Waals surface area contributed by atoms with Crippen molar-refractivity contribution in [1.29, 1.82) is 0 Å². The lowest BCUT2D eigenvalue weighted by atomic mass is 9.12. The van der Waals surface area contributed by atoms with Crippen molar-refractivity contribution < 1.29 is 123 Å². The number of hydrogen-bond acceptors (Lipinski definition) is 0. The van der Waals surface area contributed by atoms with Crippen molar-refractivity contribution in [3.63, 3.8) is 0 Å². The summed E-state index contributed by atoms with van der Waals surface area (Å²) in [5.74, 6) is -100. The van der Waals surface area contributed by atoms with Crippen LogP contribution in [0.2, 0.25) is 0 Å². The third kappa shape index (κ3) is 8.48. The Bertz CT molecular complexity index is 4240. The van der Waals surface area contributed by atoms with Crippen LogP contribution in [0.5, 0.6) is 0 Å². The van der Waals surface area contributed by atoms with Crippen molar-refractivity contribution in [2.75, 3.05) is 0 Å². The van der Waals surface area contributed by atoms with E-state index >= 15 is 87.8 Å². The highest BCUT2D eigenvalue weighted by atomic mass is 19.2. The Morgan fingerprint density at radius 3 is 0.455 bits per heavy atom. The van der Waals surface area contributed by atoms with Crippen molar-refractivity contribution in [2.24, 2.45) is 0 Å². The van der Waals surface area contributed by atoms with Crippen LogP contribution in [-0.2, 0) is 0 Å². The Balaban J connectivity index is 0.000000380. The molecule has 0 bridgehead atoms. The van der Waals surface area contributed by atoms with Gasteiger partial charge in [0.05, 0.1) is 65.7 Å². The van der Waals surface area contributed by atoms with Crippen LogP contribution >= 0.6 is 0 Å². The number of halogens is 28. The molecule has 0 amide bonds. The zero-order chi connectivity index (χ0) is 64.5. The summed E-state index contributed by atoms with van der Waals surface area (Å²) in [7, 11) is 0. The van der Waals surface area contributed by atoms with E-state index in [0.29, 0.717) is 0 Å². The molecule has 0 saturated heterocycles. The van der Waals surface area contributed by atoms with E-state index in [-0.39, 0.29) is 0 Å². The monoisotopic (exact) mass is 1270 g/mol. The molecule has 0 radical (unpaired) electrons. The highest BCUT2D eigenvalue weighted by molar-refractivity contribution is 7.20. The molecule has 0 heterocycles.